The predicted octanol–water partition coefficient (Wildman–Crippen LogP) is 3.68. The Bertz CT molecular complexity index is 834. The molecule has 0 saturated carbocycles. The van der Waals surface area contributed by atoms with Gasteiger partial charge in [-0.05, 0) is 24.1 Å². The molecule has 2 aromatic carbocycles. The minimum absolute atomic E-state index is 0.328. The van der Waals surface area contributed by atoms with Crippen LogP contribution in [0.25, 0.3) is 22.2 Å². The molecule has 1 aromatic heterocycles. The molecule has 0 radical (unpaired) electrons. The number of benzene rings is 2. The molecular weight excluding hydrogens is 300 g/mol. The van der Waals surface area contributed by atoms with E-state index < -0.39 is 6.10 Å². The highest BCUT2D eigenvalue weighted by Crippen LogP contribution is 2.34. The molecule has 3 aromatic rings. The largest absolute Gasteiger partial charge is 0.494 e. The summed E-state index contributed by atoms with van der Waals surface area (Å²) < 4.78 is 5.46. The number of para-hydroxylation sites is 1. The van der Waals surface area contributed by atoms with E-state index in [1.807, 2.05) is 61.5 Å². The number of fused-ring (bicyclic) bond motifs is 1. The quantitative estimate of drug-likeness (QED) is 0.752. The second-order valence-electron chi connectivity index (χ2n) is 5.84. The molecule has 0 saturated heterocycles. The smallest absolute Gasteiger partial charge is 0.145 e. The number of aromatic nitrogens is 1. The van der Waals surface area contributed by atoms with Gasteiger partial charge in [0.25, 0.3) is 0 Å². The van der Waals surface area contributed by atoms with Crippen molar-refractivity contribution in [3.63, 3.8) is 0 Å². The summed E-state index contributed by atoms with van der Waals surface area (Å²) in [7, 11) is 1.62. The summed E-state index contributed by atoms with van der Waals surface area (Å²) in [5.41, 5.74) is 9.40. The first-order valence-electron chi connectivity index (χ1n) is 8.12. The number of nitrogens with zero attached hydrogens (tertiary/aromatic N) is 1. The lowest BCUT2D eigenvalue weighted by molar-refractivity contribution is 0.146. The van der Waals surface area contributed by atoms with E-state index in [9.17, 15) is 5.11 Å². The molecule has 0 amide bonds. The van der Waals surface area contributed by atoms with Crippen LogP contribution < -0.4 is 10.5 Å². The topological polar surface area (TPSA) is 68.4 Å². The molecular formula is C20H22N2O2. The number of hydrogen-bond donors (Lipinski definition) is 2. The molecule has 0 bridgehead atoms. The summed E-state index contributed by atoms with van der Waals surface area (Å²) in [5.74, 6) is 0.684. The van der Waals surface area contributed by atoms with Crippen LogP contribution in [0.5, 0.6) is 5.75 Å². The molecule has 2 atom stereocenters. The molecule has 0 aliphatic rings. The molecule has 124 valence electrons. The molecule has 3 rings (SSSR count). The van der Waals surface area contributed by atoms with Crippen molar-refractivity contribution in [2.75, 3.05) is 7.11 Å². The number of nitrogens with two attached hydrogens (primary N) is 1. The molecule has 0 aliphatic carbocycles. The van der Waals surface area contributed by atoms with Gasteiger partial charge in [0.15, 0.2) is 0 Å². The standard InChI is InChI=1S/C20H22N2O2/c1-3-16(21)20(23)15-12-17(13-8-5-4-6-9-13)22-19-14(15)10-7-11-18(19)24-2/h4-12,16,20,23H,3,21H2,1-2H3. The zero-order valence-corrected chi connectivity index (χ0v) is 13.9. The van der Waals surface area contributed by atoms with Crippen molar-refractivity contribution in [3.05, 3.63) is 60.2 Å². The lowest BCUT2D eigenvalue weighted by atomic mass is 9.95. The van der Waals surface area contributed by atoms with E-state index in [2.05, 4.69) is 0 Å². The number of ether oxygens (including phenoxy) is 1. The normalized spacial score (nSPS) is 13.7. The Morgan fingerprint density at radius 2 is 1.88 bits per heavy atom. The van der Waals surface area contributed by atoms with Gasteiger partial charge < -0.3 is 15.6 Å². The minimum atomic E-state index is -0.755. The van der Waals surface area contributed by atoms with Crippen LogP contribution >= 0.6 is 0 Å². The maximum Gasteiger partial charge on any atom is 0.145 e. The van der Waals surface area contributed by atoms with Gasteiger partial charge in [-0.2, -0.15) is 0 Å². The maximum atomic E-state index is 10.7. The van der Waals surface area contributed by atoms with E-state index >= 15 is 0 Å². The van der Waals surface area contributed by atoms with E-state index in [1.54, 1.807) is 7.11 Å². The van der Waals surface area contributed by atoms with Gasteiger partial charge >= 0.3 is 0 Å². The third-order valence-electron chi connectivity index (χ3n) is 4.32. The van der Waals surface area contributed by atoms with Crippen molar-refractivity contribution in [2.45, 2.75) is 25.5 Å². The Morgan fingerprint density at radius 1 is 1.12 bits per heavy atom. The third-order valence-corrected chi connectivity index (χ3v) is 4.32. The monoisotopic (exact) mass is 322 g/mol. The van der Waals surface area contributed by atoms with Crippen LogP contribution in [-0.4, -0.2) is 23.2 Å². The summed E-state index contributed by atoms with van der Waals surface area (Å²) in [5, 5.41) is 11.6. The minimum Gasteiger partial charge on any atom is -0.494 e. The molecule has 0 aliphatic heterocycles. The zero-order chi connectivity index (χ0) is 17.1. The first-order chi connectivity index (χ1) is 11.7. The van der Waals surface area contributed by atoms with Crippen molar-refractivity contribution in [2.24, 2.45) is 5.73 Å². The van der Waals surface area contributed by atoms with Gasteiger partial charge in [0.05, 0.1) is 18.9 Å². The van der Waals surface area contributed by atoms with Gasteiger partial charge in [-0.25, -0.2) is 4.98 Å². The van der Waals surface area contributed by atoms with Gasteiger partial charge in [-0.15, -0.1) is 0 Å². The highest BCUT2D eigenvalue weighted by Gasteiger charge is 2.20. The summed E-state index contributed by atoms with van der Waals surface area (Å²) >= 11 is 0. The van der Waals surface area contributed by atoms with E-state index in [-0.39, 0.29) is 6.04 Å². The van der Waals surface area contributed by atoms with Crippen LogP contribution in [0.2, 0.25) is 0 Å². The van der Waals surface area contributed by atoms with Gasteiger partial charge in [0.2, 0.25) is 0 Å². The number of aliphatic hydroxyl groups is 1. The fourth-order valence-electron chi connectivity index (χ4n) is 2.87. The van der Waals surface area contributed by atoms with E-state index in [4.69, 9.17) is 15.5 Å². The maximum absolute atomic E-state index is 10.7. The fraction of sp³-hybridized carbons (Fsp3) is 0.250. The molecule has 4 heteroatoms. The lowest BCUT2D eigenvalue weighted by Crippen LogP contribution is -2.27. The van der Waals surface area contributed by atoms with Crippen molar-refractivity contribution in [1.82, 2.24) is 4.98 Å². The molecule has 24 heavy (non-hydrogen) atoms. The Morgan fingerprint density at radius 3 is 2.54 bits per heavy atom. The van der Waals surface area contributed by atoms with Gasteiger partial charge in [0.1, 0.15) is 11.3 Å². The second-order valence-corrected chi connectivity index (χ2v) is 5.84. The van der Waals surface area contributed by atoms with Gasteiger partial charge in [-0.3, -0.25) is 0 Å². The van der Waals surface area contributed by atoms with E-state index in [1.165, 1.54) is 0 Å². The van der Waals surface area contributed by atoms with Crippen molar-refractivity contribution < 1.29 is 9.84 Å². The lowest BCUT2D eigenvalue weighted by Gasteiger charge is -2.21. The van der Waals surface area contributed by atoms with Gasteiger partial charge in [-0.1, -0.05) is 49.4 Å². The Balaban J connectivity index is 2.28. The molecule has 0 spiro atoms. The Kier molecular flexibility index (Phi) is 4.79. The highest BCUT2D eigenvalue weighted by molar-refractivity contribution is 5.90. The van der Waals surface area contributed by atoms with Crippen molar-refractivity contribution >= 4 is 10.9 Å². The number of aliphatic hydroxyl groups excluding tert-OH is 1. The van der Waals surface area contributed by atoms with Crippen LogP contribution in [0.15, 0.2) is 54.6 Å². The molecule has 0 fully saturated rings. The summed E-state index contributed by atoms with van der Waals surface area (Å²) in [6.07, 6.45) is -0.0645. The first-order valence-corrected chi connectivity index (χ1v) is 8.12. The Hall–Kier alpha value is -2.43. The number of rotatable bonds is 5. The van der Waals surface area contributed by atoms with Crippen molar-refractivity contribution in [3.8, 4) is 17.0 Å². The average molecular weight is 322 g/mol. The third kappa shape index (κ3) is 2.98. The molecule has 3 N–H and O–H groups in total. The van der Waals surface area contributed by atoms with E-state index in [0.717, 1.165) is 27.7 Å². The van der Waals surface area contributed by atoms with Gasteiger partial charge in [0, 0.05) is 17.0 Å². The van der Waals surface area contributed by atoms with Crippen LogP contribution in [0.3, 0.4) is 0 Å². The van der Waals surface area contributed by atoms with Crippen LogP contribution in [-0.2, 0) is 0 Å². The van der Waals surface area contributed by atoms with Crippen LogP contribution in [0.4, 0.5) is 0 Å². The van der Waals surface area contributed by atoms with Crippen LogP contribution in [0.1, 0.15) is 25.0 Å². The molecule has 1 heterocycles. The fourth-order valence-corrected chi connectivity index (χ4v) is 2.87. The summed E-state index contributed by atoms with van der Waals surface area (Å²) in [6, 6.07) is 17.2. The zero-order valence-electron chi connectivity index (χ0n) is 13.9. The number of hydrogen-bond acceptors (Lipinski definition) is 4. The first kappa shape index (κ1) is 16.4. The summed E-state index contributed by atoms with van der Waals surface area (Å²) in [6.45, 7) is 1.97. The highest BCUT2D eigenvalue weighted by atomic mass is 16.5. The number of pyridine rings is 1. The summed E-state index contributed by atoms with van der Waals surface area (Å²) in [4.78, 5) is 4.77. The van der Waals surface area contributed by atoms with Crippen molar-refractivity contribution in [1.29, 1.82) is 0 Å². The second kappa shape index (κ2) is 6.99. The van der Waals surface area contributed by atoms with Crippen LogP contribution in [0, 0.1) is 0 Å². The molecule has 2 unspecified atom stereocenters. The average Bonchev–Trinajstić information content (AvgIpc) is 2.66. The number of methoxy groups -OCH3 is 1. The Labute approximate surface area is 141 Å². The van der Waals surface area contributed by atoms with E-state index in [0.29, 0.717) is 12.2 Å². The molecule has 4 nitrogen and oxygen atoms in total. The SMILES string of the molecule is CCC(N)C(O)c1cc(-c2ccccc2)nc2c(OC)cccc12. The predicted molar refractivity (Wildman–Crippen MR) is 97.0 cm³/mol.